The van der Waals surface area contributed by atoms with Crippen LogP contribution in [-0.2, 0) is 0 Å². The lowest BCUT2D eigenvalue weighted by atomic mass is 9.85. The molecule has 0 N–H and O–H groups in total. The van der Waals surface area contributed by atoms with E-state index >= 15 is 0 Å². The maximum Gasteiger partial charge on any atom is 0.287 e. The Bertz CT molecular complexity index is 515. The molecular formula is C13H15ClN2O3. The highest BCUT2D eigenvalue weighted by atomic mass is 35.5. The van der Waals surface area contributed by atoms with E-state index in [2.05, 4.69) is 0 Å². The molecule has 0 heterocycles. The smallest absolute Gasteiger partial charge is 0.287 e. The lowest BCUT2D eigenvalue weighted by molar-refractivity contribution is -0.384. The summed E-state index contributed by atoms with van der Waals surface area (Å²) in [5, 5.41) is 10.6. The summed E-state index contributed by atoms with van der Waals surface area (Å²) in [4.78, 5) is 23.9. The molecule has 2 rings (SSSR count). The van der Waals surface area contributed by atoms with Crippen molar-refractivity contribution in [3.63, 3.8) is 0 Å². The summed E-state index contributed by atoms with van der Waals surface area (Å²) in [6.45, 7) is 0.730. The molecule has 0 aliphatic heterocycles. The third-order valence-electron chi connectivity index (χ3n) is 3.49. The summed E-state index contributed by atoms with van der Waals surface area (Å²) in [7, 11) is 1.75. The zero-order chi connectivity index (χ0) is 14.0. The van der Waals surface area contributed by atoms with E-state index in [1.54, 1.807) is 11.9 Å². The highest BCUT2D eigenvalue weighted by molar-refractivity contribution is 6.33. The maximum atomic E-state index is 12.2. The molecule has 1 amide bonds. The van der Waals surface area contributed by atoms with E-state index in [-0.39, 0.29) is 16.6 Å². The summed E-state index contributed by atoms with van der Waals surface area (Å²) in [5.41, 5.74) is 0.206. The van der Waals surface area contributed by atoms with Crippen LogP contribution in [-0.4, -0.2) is 29.3 Å². The zero-order valence-electron chi connectivity index (χ0n) is 10.6. The van der Waals surface area contributed by atoms with Crippen LogP contribution in [0, 0.1) is 16.0 Å². The Balaban J connectivity index is 2.10. The standard InChI is InChI=1S/C13H15ClN2O3/c1-15(8-9-3-2-4-9)13(17)10-5-6-12(16(18)19)11(14)7-10/h5-7,9H,2-4,8H2,1H3. The predicted octanol–water partition coefficient (Wildman–Crippen LogP) is 3.12. The van der Waals surface area contributed by atoms with Gasteiger partial charge in [-0.1, -0.05) is 18.0 Å². The van der Waals surface area contributed by atoms with Gasteiger partial charge in [-0.05, 0) is 30.9 Å². The summed E-state index contributed by atoms with van der Waals surface area (Å²) in [6.07, 6.45) is 3.56. The molecule has 1 aromatic rings. The molecule has 0 atom stereocenters. The van der Waals surface area contributed by atoms with E-state index in [0.717, 1.165) is 6.54 Å². The molecule has 1 saturated carbocycles. The molecule has 0 saturated heterocycles. The number of hydrogen-bond donors (Lipinski definition) is 0. The molecule has 1 aromatic carbocycles. The number of nitrogens with zero attached hydrogens (tertiary/aromatic N) is 2. The molecule has 6 heteroatoms. The normalized spacial score (nSPS) is 14.8. The topological polar surface area (TPSA) is 63.5 Å². The first-order chi connectivity index (χ1) is 8.99. The van der Waals surface area contributed by atoms with Crippen LogP contribution in [0.1, 0.15) is 29.6 Å². The van der Waals surface area contributed by atoms with Crippen molar-refractivity contribution >= 4 is 23.2 Å². The fourth-order valence-corrected chi connectivity index (χ4v) is 2.40. The Hall–Kier alpha value is -1.62. The van der Waals surface area contributed by atoms with Crippen LogP contribution in [0.2, 0.25) is 5.02 Å². The number of hydrogen-bond acceptors (Lipinski definition) is 3. The van der Waals surface area contributed by atoms with E-state index in [1.165, 1.54) is 37.5 Å². The first kappa shape index (κ1) is 13.8. The van der Waals surface area contributed by atoms with Crippen molar-refractivity contribution in [2.75, 3.05) is 13.6 Å². The van der Waals surface area contributed by atoms with Crippen LogP contribution in [0.15, 0.2) is 18.2 Å². The van der Waals surface area contributed by atoms with Gasteiger partial charge in [0.05, 0.1) is 4.92 Å². The monoisotopic (exact) mass is 282 g/mol. The van der Waals surface area contributed by atoms with Gasteiger partial charge < -0.3 is 4.90 Å². The van der Waals surface area contributed by atoms with Gasteiger partial charge in [-0.15, -0.1) is 0 Å². The summed E-state index contributed by atoms with van der Waals surface area (Å²) < 4.78 is 0. The Kier molecular flexibility index (Phi) is 4.04. The quantitative estimate of drug-likeness (QED) is 0.629. The Morgan fingerprint density at radius 2 is 2.21 bits per heavy atom. The molecule has 0 aromatic heterocycles. The van der Waals surface area contributed by atoms with Crippen molar-refractivity contribution in [2.24, 2.45) is 5.92 Å². The Morgan fingerprint density at radius 1 is 1.53 bits per heavy atom. The SMILES string of the molecule is CN(CC1CCC1)C(=O)c1ccc([N+](=O)[O-])c(Cl)c1. The van der Waals surface area contributed by atoms with E-state index in [0.29, 0.717) is 11.5 Å². The molecule has 19 heavy (non-hydrogen) atoms. The minimum absolute atomic E-state index is 0.00658. The largest absolute Gasteiger partial charge is 0.341 e. The molecule has 1 aliphatic rings. The van der Waals surface area contributed by atoms with Gasteiger partial charge in [0.15, 0.2) is 0 Å². The number of carbonyl (C=O) groups is 1. The van der Waals surface area contributed by atoms with Crippen LogP contribution < -0.4 is 0 Å². The molecule has 5 nitrogen and oxygen atoms in total. The molecule has 0 unspecified atom stereocenters. The molecule has 0 bridgehead atoms. The van der Waals surface area contributed by atoms with Crippen molar-refractivity contribution in [2.45, 2.75) is 19.3 Å². The van der Waals surface area contributed by atoms with Crippen molar-refractivity contribution in [3.05, 3.63) is 38.9 Å². The first-order valence-electron chi connectivity index (χ1n) is 6.18. The van der Waals surface area contributed by atoms with Gasteiger partial charge in [-0.3, -0.25) is 14.9 Å². The second kappa shape index (κ2) is 5.57. The van der Waals surface area contributed by atoms with Gasteiger partial charge in [-0.2, -0.15) is 0 Å². The van der Waals surface area contributed by atoms with Crippen molar-refractivity contribution in [1.82, 2.24) is 4.90 Å². The van der Waals surface area contributed by atoms with Gasteiger partial charge in [0.2, 0.25) is 0 Å². The third kappa shape index (κ3) is 3.04. The van der Waals surface area contributed by atoms with E-state index in [4.69, 9.17) is 11.6 Å². The minimum atomic E-state index is -0.561. The zero-order valence-corrected chi connectivity index (χ0v) is 11.4. The Morgan fingerprint density at radius 3 is 2.68 bits per heavy atom. The fourth-order valence-electron chi connectivity index (χ4n) is 2.15. The van der Waals surface area contributed by atoms with E-state index < -0.39 is 4.92 Å². The summed E-state index contributed by atoms with van der Waals surface area (Å²) in [6, 6.07) is 4.08. The molecule has 102 valence electrons. The lowest BCUT2D eigenvalue weighted by Gasteiger charge is -2.30. The van der Waals surface area contributed by atoms with Crippen LogP contribution in [0.25, 0.3) is 0 Å². The molecule has 1 fully saturated rings. The van der Waals surface area contributed by atoms with Crippen LogP contribution in [0.5, 0.6) is 0 Å². The number of benzene rings is 1. The summed E-state index contributed by atoms with van der Waals surface area (Å²) in [5.74, 6) is 0.436. The number of amides is 1. The van der Waals surface area contributed by atoms with Crippen molar-refractivity contribution in [3.8, 4) is 0 Å². The number of halogens is 1. The number of carbonyl (C=O) groups excluding carboxylic acids is 1. The van der Waals surface area contributed by atoms with Gasteiger partial charge in [-0.25, -0.2) is 0 Å². The number of nitro groups is 1. The van der Waals surface area contributed by atoms with Crippen LogP contribution in [0.4, 0.5) is 5.69 Å². The second-order valence-corrected chi connectivity index (χ2v) is 5.31. The van der Waals surface area contributed by atoms with Gasteiger partial charge in [0.25, 0.3) is 11.6 Å². The van der Waals surface area contributed by atoms with Crippen molar-refractivity contribution < 1.29 is 9.72 Å². The third-order valence-corrected chi connectivity index (χ3v) is 3.80. The second-order valence-electron chi connectivity index (χ2n) is 4.91. The van der Waals surface area contributed by atoms with Gasteiger partial charge >= 0.3 is 0 Å². The summed E-state index contributed by atoms with van der Waals surface area (Å²) >= 11 is 5.80. The van der Waals surface area contributed by atoms with Crippen molar-refractivity contribution in [1.29, 1.82) is 0 Å². The van der Waals surface area contributed by atoms with Crippen LogP contribution >= 0.6 is 11.6 Å². The molecule has 1 aliphatic carbocycles. The number of rotatable bonds is 4. The average molecular weight is 283 g/mol. The lowest BCUT2D eigenvalue weighted by Crippen LogP contribution is -2.34. The molecular weight excluding hydrogens is 268 g/mol. The van der Waals surface area contributed by atoms with E-state index in [1.807, 2.05) is 0 Å². The average Bonchev–Trinajstić information content (AvgIpc) is 2.32. The maximum absolute atomic E-state index is 12.2. The predicted molar refractivity (Wildman–Crippen MR) is 72.4 cm³/mol. The number of nitro benzene ring substituents is 1. The highest BCUT2D eigenvalue weighted by Crippen LogP contribution is 2.28. The highest BCUT2D eigenvalue weighted by Gasteiger charge is 2.23. The first-order valence-corrected chi connectivity index (χ1v) is 6.56. The van der Waals surface area contributed by atoms with Gasteiger partial charge in [0.1, 0.15) is 5.02 Å². The van der Waals surface area contributed by atoms with Crippen LogP contribution in [0.3, 0.4) is 0 Å². The van der Waals surface area contributed by atoms with E-state index in [9.17, 15) is 14.9 Å². The molecule has 0 radical (unpaired) electrons. The molecule has 0 spiro atoms. The Labute approximate surface area is 116 Å². The minimum Gasteiger partial charge on any atom is -0.341 e. The van der Waals surface area contributed by atoms with Gasteiger partial charge in [0, 0.05) is 25.2 Å². The fraction of sp³-hybridized carbons (Fsp3) is 0.462.